The highest BCUT2D eigenvalue weighted by molar-refractivity contribution is 4.81. The highest BCUT2D eigenvalue weighted by Gasteiger charge is 2.24. The van der Waals surface area contributed by atoms with Gasteiger partial charge in [0.2, 0.25) is 0 Å². The van der Waals surface area contributed by atoms with Crippen molar-refractivity contribution in [3.05, 3.63) is 0 Å². The minimum atomic E-state index is 0.668. The van der Waals surface area contributed by atoms with E-state index in [0.717, 1.165) is 18.5 Å². The summed E-state index contributed by atoms with van der Waals surface area (Å²) in [5.41, 5.74) is 0. The molecule has 0 amide bonds. The normalized spacial score (nSPS) is 27.3. The molecule has 20 heavy (non-hydrogen) atoms. The summed E-state index contributed by atoms with van der Waals surface area (Å²) in [6.45, 7) is 10.9. The van der Waals surface area contributed by atoms with Crippen molar-refractivity contribution in [1.29, 1.82) is 0 Å². The molecular formula is C17H35N3. The first-order valence-electron chi connectivity index (χ1n) is 8.86. The van der Waals surface area contributed by atoms with Gasteiger partial charge in [0, 0.05) is 31.7 Å². The Morgan fingerprint density at radius 3 is 2.65 bits per heavy atom. The van der Waals surface area contributed by atoms with Crippen LogP contribution in [0.25, 0.3) is 0 Å². The summed E-state index contributed by atoms with van der Waals surface area (Å²) in [7, 11) is 2.31. The standard InChI is InChI=1S/C17H35N3/c1-4-20-12-7-8-16(14-20)15(2)18-11-13-19(3)17-9-5-6-10-17/h15-18H,4-14H2,1-3H3. The number of rotatable bonds is 7. The van der Waals surface area contributed by atoms with E-state index in [1.165, 1.54) is 64.7 Å². The van der Waals surface area contributed by atoms with Crippen LogP contribution in [-0.2, 0) is 0 Å². The average molecular weight is 281 g/mol. The Kier molecular flexibility index (Phi) is 6.79. The van der Waals surface area contributed by atoms with Gasteiger partial charge in [-0.3, -0.25) is 0 Å². The second-order valence-electron chi connectivity index (χ2n) is 6.96. The first kappa shape index (κ1) is 16.3. The second-order valence-corrected chi connectivity index (χ2v) is 6.96. The summed E-state index contributed by atoms with van der Waals surface area (Å²) >= 11 is 0. The lowest BCUT2D eigenvalue weighted by atomic mass is 9.91. The maximum atomic E-state index is 3.78. The van der Waals surface area contributed by atoms with Crippen LogP contribution in [0.1, 0.15) is 52.4 Å². The molecule has 2 aliphatic rings. The molecule has 0 aromatic rings. The van der Waals surface area contributed by atoms with E-state index in [0.29, 0.717) is 6.04 Å². The summed E-state index contributed by atoms with van der Waals surface area (Å²) in [6, 6.07) is 1.53. The van der Waals surface area contributed by atoms with Gasteiger partial charge in [0.05, 0.1) is 0 Å². The molecule has 0 aromatic carbocycles. The van der Waals surface area contributed by atoms with Gasteiger partial charge in [-0.2, -0.15) is 0 Å². The summed E-state index contributed by atoms with van der Waals surface area (Å²) in [5, 5.41) is 3.78. The summed E-state index contributed by atoms with van der Waals surface area (Å²) in [6.07, 6.45) is 8.50. The van der Waals surface area contributed by atoms with Gasteiger partial charge in [0.1, 0.15) is 0 Å². The third kappa shape index (κ3) is 4.71. The predicted molar refractivity (Wildman–Crippen MR) is 87.2 cm³/mol. The quantitative estimate of drug-likeness (QED) is 0.774. The monoisotopic (exact) mass is 281 g/mol. The lowest BCUT2D eigenvalue weighted by Gasteiger charge is -2.36. The van der Waals surface area contributed by atoms with E-state index in [9.17, 15) is 0 Å². The topological polar surface area (TPSA) is 18.5 Å². The van der Waals surface area contributed by atoms with E-state index in [-0.39, 0.29) is 0 Å². The zero-order valence-electron chi connectivity index (χ0n) is 13.9. The number of hydrogen-bond donors (Lipinski definition) is 1. The number of piperidine rings is 1. The van der Waals surface area contributed by atoms with Crippen LogP contribution in [-0.4, -0.2) is 61.7 Å². The fourth-order valence-electron chi connectivity index (χ4n) is 3.95. The molecule has 0 radical (unpaired) electrons. The maximum Gasteiger partial charge on any atom is 0.0107 e. The highest BCUT2D eigenvalue weighted by atomic mass is 15.2. The average Bonchev–Trinajstić information content (AvgIpc) is 3.01. The smallest absolute Gasteiger partial charge is 0.0107 e. The van der Waals surface area contributed by atoms with Gasteiger partial charge in [-0.25, -0.2) is 0 Å². The summed E-state index contributed by atoms with van der Waals surface area (Å²) in [5.74, 6) is 0.848. The van der Waals surface area contributed by atoms with Crippen molar-refractivity contribution in [2.24, 2.45) is 5.92 Å². The van der Waals surface area contributed by atoms with E-state index >= 15 is 0 Å². The van der Waals surface area contributed by atoms with Crippen molar-refractivity contribution in [1.82, 2.24) is 15.1 Å². The Bertz CT molecular complexity index is 263. The van der Waals surface area contributed by atoms with Crippen molar-refractivity contribution in [2.45, 2.75) is 64.5 Å². The summed E-state index contributed by atoms with van der Waals surface area (Å²) < 4.78 is 0. The van der Waals surface area contributed by atoms with E-state index < -0.39 is 0 Å². The molecule has 0 bridgehead atoms. The molecule has 2 fully saturated rings. The lowest BCUT2D eigenvalue weighted by Crippen LogP contribution is -2.46. The fraction of sp³-hybridized carbons (Fsp3) is 1.00. The van der Waals surface area contributed by atoms with Crippen LogP contribution in [0.4, 0.5) is 0 Å². The molecule has 2 unspecified atom stereocenters. The molecule has 1 saturated heterocycles. The van der Waals surface area contributed by atoms with Crippen molar-refractivity contribution in [3.63, 3.8) is 0 Å². The minimum absolute atomic E-state index is 0.668. The van der Waals surface area contributed by atoms with Gasteiger partial charge in [-0.15, -0.1) is 0 Å². The first-order valence-corrected chi connectivity index (χ1v) is 8.86. The fourth-order valence-corrected chi connectivity index (χ4v) is 3.95. The van der Waals surface area contributed by atoms with Gasteiger partial charge >= 0.3 is 0 Å². The van der Waals surface area contributed by atoms with Gasteiger partial charge in [-0.05, 0) is 58.7 Å². The molecule has 1 saturated carbocycles. The second kappa shape index (κ2) is 8.35. The van der Waals surface area contributed by atoms with Crippen LogP contribution in [0.5, 0.6) is 0 Å². The maximum absolute atomic E-state index is 3.78. The molecule has 1 heterocycles. The third-order valence-electron chi connectivity index (χ3n) is 5.58. The highest BCUT2D eigenvalue weighted by Crippen LogP contribution is 2.22. The molecule has 0 aromatic heterocycles. The molecule has 3 nitrogen and oxygen atoms in total. The molecule has 1 N–H and O–H groups in total. The molecule has 2 rings (SSSR count). The molecule has 1 aliphatic heterocycles. The Labute approximate surface area is 126 Å². The minimum Gasteiger partial charge on any atom is -0.313 e. The predicted octanol–water partition coefficient (Wildman–Crippen LogP) is 2.57. The van der Waals surface area contributed by atoms with E-state index in [1.807, 2.05) is 0 Å². The number of likely N-dealkylation sites (tertiary alicyclic amines) is 1. The van der Waals surface area contributed by atoms with Crippen LogP contribution >= 0.6 is 0 Å². The first-order chi connectivity index (χ1) is 9.70. The van der Waals surface area contributed by atoms with Crippen molar-refractivity contribution < 1.29 is 0 Å². The largest absolute Gasteiger partial charge is 0.313 e. The van der Waals surface area contributed by atoms with Gasteiger partial charge in [0.15, 0.2) is 0 Å². The molecule has 3 heteroatoms. The van der Waals surface area contributed by atoms with E-state index in [4.69, 9.17) is 0 Å². The number of hydrogen-bond acceptors (Lipinski definition) is 3. The van der Waals surface area contributed by atoms with Crippen LogP contribution in [0.2, 0.25) is 0 Å². The molecule has 2 atom stereocenters. The Morgan fingerprint density at radius 2 is 1.95 bits per heavy atom. The Balaban J connectivity index is 1.62. The lowest BCUT2D eigenvalue weighted by molar-refractivity contribution is 0.154. The number of nitrogens with one attached hydrogen (secondary N) is 1. The molecule has 118 valence electrons. The summed E-state index contributed by atoms with van der Waals surface area (Å²) in [4.78, 5) is 5.18. The third-order valence-corrected chi connectivity index (χ3v) is 5.58. The van der Waals surface area contributed by atoms with E-state index in [2.05, 4.69) is 36.0 Å². The van der Waals surface area contributed by atoms with Gasteiger partial charge in [-0.1, -0.05) is 19.8 Å². The zero-order valence-corrected chi connectivity index (χ0v) is 13.9. The van der Waals surface area contributed by atoms with Crippen molar-refractivity contribution in [3.8, 4) is 0 Å². The van der Waals surface area contributed by atoms with Gasteiger partial charge in [0.25, 0.3) is 0 Å². The number of nitrogens with zero attached hydrogens (tertiary/aromatic N) is 2. The molecule has 0 spiro atoms. The SMILES string of the molecule is CCN1CCCC(C(C)NCCN(C)C2CCCC2)C1. The van der Waals surface area contributed by atoms with Crippen LogP contribution in [0.3, 0.4) is 0 Å². The zero-order chi connectivity index (χ0) is 14.4. The Hall–Kier alpha value is -0.120. The van der Waals surface area contributed by atoms with E-state index in [1.54, 1.807) is 0 Å². The van der Waals surface area contributed by atoms with Gasteiger partial charge < -0.3 is 15.1 Å². The van der Waals surface area contributed by atoms with Crippen LogP contribution in [0, 0.1) is 5.92 Å². The molecule has 1 aliphatic carbocycles. The van der Waals surface area contributed by atoms with Crippen LogP contribution < -0.4 is 5.32 Å². The van der Waals surface area contributed by atoms with Crippen LogP contribution in [0.15, 0.2) is 0 Å². The Morgan fingerprint density at radius 1 is 1.20 bits per heavy atom. The van der Waals surface area contributed by atoms with Crippen molar-refractivity contribution >= 4 is 0 Å². The molecular weight excluding hydrogens is 246 g/mol. The number of likely N-dealkylation sites (N-methyl/N-ethyl adjacent to an activating group) is 1. The van der Waals surface area contributed by atoms with Crippen molar-refractivity contribution in [2.75, 3.05) is 39.8 Å².